The molecule has 3 aromatic rings. The van der Waals surface area contributed by atoms with Crippen molar-refractivity contribution in [2.24, 2.45) is 0 Å². The number of alkyl halides is 5. The number of rotatable bonds is 6. The largest absolute Gasteiger partial charge is 0.587 e. The average Bonchev–Trinajstić information content (AvgIpc) is 3.16. The van der Waals surface area contributed by atoms with E-state index in [9.17, 15) is 26.5 Å². The predicted molar refractivity (Wildman–Crippen MR) is 119 cm³/mol. The zero-order valence-corrected chi connectivity index (χ0v) is 19.4. The first-order chi connectivity index (χ1) is 15.6. The van der Waals surface area contributed by atoms with Gasteiger partial charge in [-0.3, -0.25) is 0 Å². The summed E-state index contributed by atoms with van der Waals surface area (Å²) >= 11 is 1.38. The molecule has 0 saturated carbocycles. The van der Waals surface area contributed by atoms with Gasteiger partial charge in [0.15, 0.2) is 11.5 Å². The number of benzene rings is 2. The number of anilines is 1. The highest BCUT2D eigenvalue weighted by atomic mass is 79.9. The van der Waals surface area contributed by atoms with Crippen molar-refractivity contribution in [3.8, 4) is 5.75 Å². The summed E-state index contributed by atoms with van der Waals surface area (Å²) in [6.07, 6.45) is -6.12. The molecule has 1 saturated heterocycles. The molecule has 5 nitrogen and oxygen atoms in total. The third-order valence-electron chi connectivity index (χ3n) is 5.16. The molecule has 1 fully saturated rings. The molecule has 1 unspecified atom stereocenters. The second-order valence-corrected chi connectivity index (χ2v) is 9.67. The van der Waals surface area contributed by atoms with Gasteiger partial charge in [0, 0.05) is 47.7 Å². The normalized spacial score (nSPS) is 15.9. The van der Waals surface area contributed by atoms with Crippen LogP contribution in [0.1, 0.15) is 12.0 Å². The average molecular weight is 552 g/mol. The van der Waals surface area contributed by atoms with Crippen LogP contribution in [0.15, 0.2) is 52.0 Å². The Kier molecular flexibility index (Phi) is 7.08. The zero-order valence-electron chi connectivity index (χ0n) is 17.0. The van der Waals surface area contributed by atoms with Crippen LogP contribution in [0.25, 0.3) is 10.9 Å². The molecule has 1 atom stereocenters. The SMILES string of the molecule is [O-][S+](c1ccc(OCC(F)(F)F)c(N2CCNCC2)c1)n1cc(C(F)F)c2ccc(Br)cc21. The lowest BCUT2D eigenvalue weighted by atomic mass is 10.2. The molecular weight excluding hydrogens is 533 g/mol. The van der Waals surface area contributed by atoms with Crippen molar-refractivity contribution >= 4 is 43.9 Å². The van der Waals surface area contributed by atoms with Crippen LogP contribution < -0.4 is 15.0 Å². The van der Waals surface area contributed by atoms with Gasteiger partial charge in [-0.25, -0.2) is 8.78 Å². The van der Waals surface area contributed by atoms with E-state index in [4.69, 9.17) is 4.74 Å². The molecule has 33 heavy (non-hydrogen) atoms. The van der Waals surface area contributed by atoms with Gasteiger partial charge in [0.05, 0.1) is 17.4 Å². The summed E-state index contributed by atoms with van der Waals surface area (Å²) in [6.45, 7) is 0.837. The number of fused-ring (bicyclic) bond motifs is 1. The molecule has 0 radical (unpaired) electrons. The summed E-state index contributed by atoms with van der Waals surface area (Å²) in [6, 6.07) is 8.97. The quantitative estimate of drug-likeness (QED) is 0.335. The topological polar surface area (TPSA) is 52.5 Å². The molecule has 0 bridgehead atoms. The molecule has 1 aliphatic heterocycles. The number of piperazine rings is 1. The van der Waals surface area contributed by atoms with E-state index in [1.54, 1.807) is 12.1 Å². The Morgan fingerprint density at radius 1 is 1.12 bits per heavy atom. The summed E-state index contributed by atoms with van der Waals surface area (Å²) in [5, 5.41) is 3.43. The summed E-state index contributed by atoms with van der Waals surface area (Å²) < 4.78 is 85.7. The van der Waals surface area contributed by atoms with Crippen molar-refractivity contribution in [1.29, 1.82) is 0 Å². The van der Waals surface area contributed by atoms with Gasteiger partial charge in [-0.1, -0.05) is 22.0 Å². The number of nitrogens with zero attached hydrogens (tertiary/aromatic N) is 2. The first kappa shape index (κ1) is 24.1. The maximum atomic E-state index is 13.6. The molecule has 1 aromatic heterocycles. The summed E-state index contributed by atoms with van der Waals surface area (Å²) in [5.41, 5.74) is 0.468. The van der Waals surface area contributed by atoms with Gasteiger partial charge in [0.25, 0.3) is 6.43 Å². The van der Waals surface area contributed by atoms with Gasteiger partial charge in [0.2, 0.25) is 0 Å². The van der Waals surface area contributed by atoms with Crippen LogP contribution in [0, 0.1) is 0 Å². The van der Waals surface area contributed by atoms with Crippen molar-refractivity contribution in [1.82, 2.24) is 9.29 Å². The molecule has 4 rings (SSSR count). The number of nitrogens with one attached hydrogen (secondary N) is 1. The van der Waals surface area contributed by atoms with E-state index in [-0.39, 0.29) is 21.6 Å². The van der Waals surface area contributed by atoms with Crippen molar-refractivity contribution < 1.29 is 31.2 Å². The lowest BCUT2D eigenvalue weighted by Crippen LogP contribution is -2.43. The second-order valence-electron chi connectivity index (χ2n) is 7.39. The highest BCUT2D eigenvalue weighted by Crippen LogP contribution is 2.36. The lowest BCUT2D eigenvalue weighted by molar-refractivity contribution is -0.153. The van der Waals surface area contributed by atoms with Crippen LogP contribution in [0.5, 0.6) is 5.75 Å². The Morgan fingerprint density at radius 3 is 2.52 bits per heavy atom. The molecule has 12 heteroatoms. The molecule has 1 N–H and O–H groups in total. The van der Waals surface area contributed by atoms with E-state index in [0.29, 0.717) is 41.9 Å². The second kappa shape index (κ2) is 9.69. The Morgan fingerprint density at radius 2 is 1.85 bits per heavy atom. The molecule has 0 aliphatic carbocycles. The van der Waals surface area contributed by atoms with Gasteiger partial charge in [-0.2, -0.15) is 17.1 Å². The van der Waals surface area contributed by atoms with Crippen LogP contribution in [0.2, 0.25) is 0 Å². The lowest BCUT2D eigenvalue weighted by Gasteiger charge is -2.31. The molecule has 2 aromatic carbocycles. The minimum Gasteiger partial charge on any atom is -0.587 e. The summed E-state index contributed by atoms with van der Waals surface area (Å²) in [7, 11) is 0. The van der Waals surface area contributed by atoms with Crippen molar-refractivity contribution in [2.45, 2.75) is 17.5 Å². The van der Waals surface area contributed by atoms with E-state index in [2.05, 4.69) is 21.2 Å². The van der Waals surface area contributed by atoms with Gasteiger partial charge in [-0.15, -0.1) is 0 Å². The highest BCUT2D eigenvalue weighted by molar-refractivity contribution is 9.10. The number of hydrogen-bond donors (Lipinski definition) is 1. The smallest absolute Gasteiger partial charge is 0.422 e. The van der Waals surface area contributed by atoms with E-state index in [1.807, 2.05) is 4.90 Å². The van der Waals surface area contributed by atoms with Gasteiger partial charge < -0.3 is 19.5 Å². The number of aromatic nitrogens is 1. The van der Waals surface area contributed by atoms with E-state index < -0.39 is 30.6 Å². The minimum atomic E-state index is -4.51. The van der Waals surface area contributed by atoms with E-state index in [0.717, 1.165) is 6.20 Å². The van der Waals surface area contributed by atoms with Crippen LogP contribution in [0.3, 0.4) is 0 Å². The molecule has 2 heterocycles. The van der Waals surface area contributed by atoms with Crippen LogP contribution >= 0.6 is 15.9 Å². The van der Waals surface area contributed by atoms with E-state index in [1.165, 1.54) is 28.2 Å². The van der Waals surface area contributed by atoms with Gasteiger partial charge >= 0.3 is 6.18 Å². The fourth-order valence-electron chi connectivity index (χ4n) is 3.66. The molecule has 178 valence electrons. The van der Waals surface area contributed by atoms with Crippen molar-refractivity contribution in [3.63, 3.8) is 0 Å². The Bertz CT molecular complexity index is 1140. The Hall–Kier alpha value is -2.02. The van der Waals surface area contributed by atoms with Crippen LogP contribution in [-0.4, -0.2) is 47.5 Å². The minimum absolute atomic E-state index is 0.0170. The third kappa shape index (κ3) is 5.39. The molecule has 1 aliphatic rings. The van der Waals surface area contributed by atoms with Crippen LogP contribution in [0.4, 0.5) is 27.6 Å². The maximum Gasteiger partial charge on any atom is 0.422 e. The van der Waals surface area contributed by atoms with Gasteiger partial charge in [-0.05, 0) is 24.3 Å². The molecule has 0 spiro atoms. The number of halogens is 6. The van der Waals surface area contributed by atoms with Crippen LogP contribution in [-0.2, 0) is 11.4 Å². The predicted octanol–water partition coefficient (Wildman–Crippen LogP) is 5.26. The fraction of sp³-hybridized carbons (Fsp3) is 0.333. The van der Waals surface area contributed by atoms with E-state index >= 15 is 0 Å². The third-order valence-corrected chi connectivity index (χ3v) is 6.97. The highest BCUT2D eigenvalue weighted by Gasteiger charge is 2.30. The Balaban J connectivity index is 1.75. The summed E-state index contributed by atoms with van der Waals surface area (Å²) in [4.78, 5) is 2.10. The van der Waals surface area contributed by atoms with Crippen molar-refractivity contribution in [3.05, 3.63) is 52.6 Å². The van der Waals surface area contributed by atoms with Crippen molar-refractivity contribution in [2.75, 3.05) is 37.7 Å². The summed E-state index contributed by atoms with van der Waals surface area (Å²) in [5.74, 6) is 0.0170. The Labute approximate surface area is 197 Å². The molecule has 0 amide bonds. The maximum absolute atomic E-state index is 13.6. The monoisotopic (exact) mass is 551 g/mol. The molecular formula is C21H19BrF5N3O2S. The standard InChI is InChI=1S/C21H19BrF5N3O2S/c22-13-1-3-15-16(20(23)24)11-30(17(15)9-13)33(31)14-2-4-19(32-12-21(25,26)27)18(10-14)29-7-5-28-6-8-29/h1-4,9-11,20,28H,5-8,12H2. The number of hydrogen-bond acceptors (Lipinski definition) is 4. The first-order valence-corrected chi connectivity index (χ1v) is 11.8. The first-order valence-electron chi connectivity index (χ1n) is 9.94. The van der Waals surface area contributed by atoms with Gasteiger partial charge in [0.1, 0.15) is 17.1 Å². The fourth-order valence-corrected chi connectivity index (χ4v) is 5.17. The number of ether oxygens (including phenoxy) is 1. The zero-order chi connectivity index (χ0) is 23.8.